The highest BCUT2D eigenvalue weighted by atomic mass is 32.2. The predicted octanol–water partition coefficient (Wildman–Crippen LogP) is 0.562. The van der Waals surface area contributed by atoms with E-state index in [1.807, 2.05) is 24.3 Å². The Kier molecular flexibility index (Phi) is 4.01. The van der Waals surface area contributed by atoms with Crippen LogP contribution in [0.5, 0.6) is 0 Å². The Morgan fingerprint density at radius 2 is 2.11 bits per heavy atom. The number of rotatable bonds is 5. The lowest BCUT2D eigenvalue weighted by molar-refractivity contribution is 0.250. The normalized spacial score (nSPS) is 19.2. The Bertz CT molecular complexity index is 516. The van der Waals surface area contributed by atoms with E-state index in [2.05, 4.69) is 0 Å². The van der Waals surface area contributed by atoms with Crippen LogP contribution in [0, 0.1) is 0 Å². The van der Waals surface area contributed by atoms with E-state index in [1.54, 1.807) is 0 Å². The highest BCUT2D eigenvalue weighted by Crippen LogP contribution is 2.36. The molecule has 1 aromatic carbocycles. The maximum atomic E-state index is 11.7. The second-order valence-corrected chi connectivity index (χ2v) is 5.99. The molecule has 0 saturated heterocycles. The van der Waals surface area contributed by atoms with Crippen LogP contribution in [0.15, 0.2) is 24.3 Å². The molecular weight excluding hydrogens is 252 g/mol. The Morgan fingerprint density at radius 1 is 1.39 bits per heavy atom. The van der Waals surface area contributed by atoms with E-state index in [-0.39, 0.29) is 19.2 Å². The van der Waals surface area contributed by atoms with E-state index in [4.69, 9.17) is 10.2 Å². The third-order valence-electron chi connectivity index (χ3n) is 3.31. The highest BCUT2D eigenvalue weighted by Gasteiger charge is 2.32. The quantitative estimate of drug-likeness (QED) is 0.820. The first kappa shape index (κ1) is 13.5. The molecule has 0 heterocycles. The van der Waals surface area contributed by atoms with Crippen molar-refractivity contribution in [2.75, 3.05) is 13.2 Å². The van der Waals surface area contributed by atoms with Crippen LogP contribution in [0.2, 0.25) is 0 Å². The molecule has 0 radical (unpaired) electrons. The van der Waals surface area contributed by atoms with Crippen molar-refractivity contribution in [3.05, 3.63) is 35.4 Å². The van der Waals surface area contributed by atoms with Gasteiger partial charge in [0.1, 0.15) is 0 Å². The average Bonchev–Trinajstić information content (AvgIpc) is 2.72. The van der Waals surface area contributed by atoms with Gasteiger partial charge in [-0.15, -0.1) is 0 Å². The van der Waals surface area contributed by atoms with Crippen molar-refractivity contribution in [3.8, 4) is 0 Å². The number of nitrogens with zero attached hydrogens (tertiary/aromatic N) is 1. The molecule has 3 N–H and O–H groups in total. The Morgan fingerprint density at radius 3 is 2.78 bits per heavy atom. The van der Waals surface area contributed by atoms with Crippen molar-refractivity contribution in [1.29, 1.82) is 0 Å². The number of hydrogen-bond donors (Lipinski definition) is 2. The van der Waals surface area contributed by atoms with Crippen molar-refractivity contribution in [2.24, 2.45) is 5.14 Å². The topological polar surface area (TPSA) is 83.6 Å². The van der Waals surface area contributed by atoms with Crippen molar-refractivity contribution in [3.63, 3.8) is 0 Å². The zero-order valence-corrected chi connectivity index (χ0v) is 10.9. The summed E-state index contributed by atoms with van der Waals surface area (Å²) in [6.45, 7) is 0.217. The molecule has 1 unspecified atom stereocenters. The summed E-state index contributed by atoms with van der Waals surface area (Å²) >= 11 is 0. The zero-order chi connectivity index (χ0) is 13.2. The molecule has 0 saturated carbocycles. The molecule has 0 aliphatic heterocycles. The maximum absolute atomic E-state index is 11.7. The molecule has 0 bridgehead atoms. The van der Waals surface area contributed by atoms with Crippen molar-refractivity contribution >= 4 is 10.2 Å². The third kappa shape index (κ3) is 2.72. The lowest BCUT2D eigenvalue weighted by Crippen LogP contribution is -2.39. The van der Waals surface area contributed by atoms with Crippen LogP contribution in [0.1, 0.15) is 30.0 Å². The summed E-state index contributed by atoms with van der Waals surface area (Å²) in [5.74, 6) is 0. The van der Waals surface area contributed by atoms with Gasteiger partial charge in [0, 0.05) is 13.2 Å². The van der Waals surface area contributed by atoms with E-state index in [1.165, 1.54) is 9.87 Å². The molecule has 0 spiro atoms. The maximum Gasteiger partial charge on any atom is 0.277 e. The van der Waals surface area contributed by atoms with Crippen molar-refractivity contribution in [2.45, 2.75) is 25.3 Å². The second-order valence-electron chi connectivity index (χ2n) is 4.49. The summed E-state index contributed by atoms with van der Waals surface area (Å²) in [6.07, 6.45) is 2.02. The van der Waals surface area contributed by atoms with Gasteiger partial charge >= 0.3 is 0 Å². The first-order valence-corrected chi connectivity index (χ1v) is 7.52. The minimum Gasteiger partial charge on any atom is -0.396 e. The number of nitrogens with two attached hydrogens (primary N) is 1. The molecule has 0 amide bonds. The fourth-order valence-electron chi connectivity index (χ4n) is 2.52. The lowest BCUT2D eigenvalue weighted by Gasteiger charge is -2.26. The van der Waals surface area contributed by atoms with E-state index in [9.17, 15) is 8.42 Å². The van der Waals surface area contributed by atoms with Gasteiger partial charge in [-0.25, -0.2) is 5.14 Å². The number of aliphatic hydroxyl groups excluding tert-OH is 1. The fourth-order valence-corrected chi connectivity index (χ4v) is 3.48. The summed E-state index contributed by atoms with van der Waals surface area (Å²) in [5.41, 5.74) is 2.21. The van der Waals surface area contributed by atoms with Crippen LogP contribution >= 0.6 is 0 Å². The molecule has 100 valence electrons. The van der Waals surface area contributed by atoms with Crippen LogP contribution in [-0.2, 0) is 16.6 Å². The molecule has 0 aromatic heterocycles. The summed E-state index contributed by atoms with van der Waals surface area (Å²) < 4.78 is 24.6. The summed E-state index contributed by atoms with van der Waals surface area (Å²) in [6, 6.07) is 7.64. The standard InChI is InChI=1S/C12H18N2O3S/c13-18(16,17)14(8-3-9-15)12-7-6-10-4-1-2-5-11(10)12/h1-2,4-5,12,15H,3,6-9H2,(H2,13,16,17). The summed E-state index contributed by atoms with van der Waals surface area (Å²) in [4.78, 5) is 0. The molecule has 5 nitrogen and oxygen atoms in total. The van der Waals surface area contributed by atoms with Gasteiger partial charge in [0.05, 0.1) is 6.04 Å². The molecule has 18 heavy (non-hydrogen) atoms. The smallest absolute Gasteiger partial charge is 0.277 e. The van der Waals surface area contributed by atoms with Crippen molar-refractivity contribution < 1.29 is 13.5 Å². The third-order valence-corrected chi connectivity index (χ3v) is 4.40. The minimum absolute atomic E-state index is 0.0413. The molecular formula is C12H18N2O3S. The molecule has 1 atom stereocenters. The van der Waals surface area contributed by atoms with E-state index >= 15 is 0 Å². The number of benzene rings is 1. The van der Waals surface area contributed by atoms with Gasteiger partial charge < -0.3 is 5.11 Å². The van der Waals surface area contributed by atoms with E-state index < -0.39 is 10.2 Å². The second kappa shape index (κ2) is 5.36. The molecule has 6 heteroatoms. The van der Waals surface area contributed by atoms with Crippen LogP contribution in [0.4, 0.5) is 0 Å². The monoisotopic (exact) mass is 270 g/mol. The Hall–Kier alpha value is -0.950. The van der Waals surface area contributed by atoms with E-state index in [0.29, 0.717) is 6.42 Å². The average molecular weight is 270 g/mol. The van der Waals surface area contributed by atoms with Gasteiger partial charge in [-0.1, -0.05) is 24.3 Å². The molecule has 1 aromatic rings. The highest BCUT2D eigenvalue weighted by molar-refractivity contribution is 7.86. The Balaban J connectivity index is 2.28. The van der Waals surface area contributed by atoms with Gasteiger partial charge in [-0.05, 0) is 30.4 Å². The van der Waals surface area contributed by atoms with Gasteiger partial charge in [-0.3, -0.25) is 0 Å². The summed E-state index contributed by atoms with van der Waals surface area (Å²) in [7, 11) is -3.74. The van der Waals surface area contributed by atoms with Gasteiger partial charge in [0.2, 0.25) is 0 Å². The van der Waals surface area contributed by atoms with Crippen LogP contribution in [0.3, 0.4) is 0 Å². The molecule has 1 aliphatic carbocycles. The Labute approximate surface area is 107 Å². The van der Waals surface area contributed by atoms with Gasteiger partial charge in [0.15, 0.2) is 0 Å². The number of aliphatic hydroxyl groups is 1. The zero-order valence-electron chi connectivity index (χ0n) is 10.1. The summed E-state index contributed by atoms with van der Waals surface area (Å²) in [5, 5.41) is 14.1. The van der Waals surface area contributed by atoms with Crippen LogP contribution in [0.25, 0.3) is 0 Å². The fraction of sp³-hybridized carbons (Fsp3) is 0.500. The first-order chi connectivity index (χ1) is 8.54. The van der Waals surface area contributed by atoms with Gasteiger partial charge in [-0.2, -0.15) is 12.7 Å². The minimum atomic E-state index is -3.74. The number of fused-ring (bicyclic) bond motifs is 1. The van der Waals surface area contributed by atoms with E-state index in [0.717, 1.165) is 18.4 Å². The molecule has 0 fully saturated rings. The molecule has 2 rings (SSSR count). The van der Waals surface area contributed by atoms with Crippen LogP contribution in [-0.4, -0.2) is 31.0 Å². The lowest BCUT2D eigenvalue weighted by atomic mass is 10.1. The first-order valence-electron chi connectivity index (χ1n) is 6.02. The molecule has 1 aliphatic rings. The van der Waals surface area contributed by atoms with Crippen LogP contribution < -0.4 is 5.14 Å². The largest absolute Gasteiger partial charge is 0.396 e. The number of aryl methyl sites for hydroxylation is 1. The SMILES string of the molecule is NS(=O)(=O)N(CCCO)C1CCc2ccccc21. The van der Waals surface area contributed by atoms with Gasteiger partial charge in [0.25, 0.3) is 10.2 Å². The predicted molar refractivity (Wildman–Crippen MR) is 69.0 cm³/mol. The number of hydrogen-bond acceptors (Lipinski definition) is 3. The van der Waals surface area contributed by atoms with Crippen molar-refractivity contribution in [1.82, 2.24) is 4.31 Å².